The molecule has 0 saturated heterocycles. The van der Waals surface area contributed by atoms with Gasteiger partial charge in [0.1, 0.15) is 12.1 Å². The fourth-order valence-electron chi connectivity index (χ4n) is 1.48. The minimum atomic E-state index is -1.18. The highest BCUT2D eigenvalue weighted by Crippen LogP contribution is 2.03. The van der Waals surface area contributed by atoms with E-state index in [1.807, 2.05) is 13.8 Å². The van der Waals surface area contributed by atoms with E-state index >= 15 is 0 Å². The van der Waals surface area contributed by atoms with Gasteiger partial charge in [0.05, 0.1) is 6.04 Å². The van der Waals surface area contributed by atoms with E-state index in [1.54, 1.807) is 0 Å². The average Bonchev–Trinajstić information content (AvgIpc) is 2.33. The lowest BCUT2D eigenvalue weighted by Crippen LogP contribution is -2.53. The Labute approximate surface area is 124 Å². The lowest BCUT2D eigenvalue weighted by molar-refractivity contribution is -0.141. The quantitative estimate of drug-likeness (QED) is 0.382. The summed E-state index contributed by atoms with van der Waals surface area (Å²) in [4.78, 5) is 34.2. The summed E-state index contributed by atoms with van der Waals surface area (Å²) >= 11 is 3.84. The second kappa shape index (κ2) is 8.80. The van der Waals surface area contributed by atoms with Gasteiger partial charge in [-0.3, -0.25) is 9.59 Å². The summed E-state index contributed by atoms with van der Waals surface area (Å²) < 4.78 is 0. The standard InChI is InChI=1S/C12H23N3O4S/c1-6(2)4-8(13)11(17)14-7(3)10(16)15-9(5-20)12(18)19/h6-9,20H,4-5,13H2,1-3H3,(H,14,17)(H,15,16)(H,18,19)/t7-,8-,9-/m0/s1. The Morgan fingerprint density at radius 1 is 1.15 bits per heavy atom. The second-order valence-corrected chi connectivity index (χ2v) is 5.41. The van der Waals surface area contributed by atoms with E-state index in [4.69, 9.17) is 10.8 Å². The van der Waals surface area contributed by atoms with E-state index in [-0.39, 0.29) is 11.7 Å². The molecule has 0 aromatic heterocycles. The molecule has 0 heterocycles. The van der Waals surface area contributed by atoms with Crippen LogP contribution in [0.15, 0.2) is 0 Å². The first-order valence-electron chi connectivity index (χ1n) is 6.39. The number of hydrogen-bond acceptors (Lipinski definition) is 5. The highest BCUT2D eigenvalue weighted by Gasteiger charge is 2.24. The van der Waals surface area contributed by atoms with Crippen molar-refractivity contribution in [3.8, 4) is 0 Å². The Morgan fingerprint density at radius 2 is 1.70 bits per heavy atom. The molecule has 0 fully saturated rings. The van der Waals surface area contributed by atoms with Gasteiger partial charge in [-0.15, -0.1) is 0 Å². The number of carbonyl (C=O) groups is 3. The molecule has 116 valence electrons. The average molecular weight is 305 g/mol. The van der Waals surface area contributed by atoms with E-state index in [2.05, 4.69) is 23.3 Å². The molecule has 0 unspecified atom stereocenters. The minimum absolute atomic E-state index is 0.0331. The molecular weight excluding hydrogens is 282 g/mol. The fraction of sp³-hybridized carbons (Fsp3) is 0.750. The number of rotatable bonds is 8. The maximum atomic E-state index is 11.7. The van der Waals surface area contributed by atoms with Gasteiger partial charge >= 0.3 is 5.97 Å². The molecule has 0 rings (SSSR count). The van der Waals surface area contributed by atoms with Crippen molar-refractivity contribution in [3.63, 3.8) is 0 Å². The maximum Gasteiger partial charge on any atom is 0.327 e. The number of amides is 2. The number of nitrogens with one attached hydrogen (secondary N) is 2. The van der Waals surface area contributed by atoms with Gasteiger partial charge < -0.3 is 21.5 Å². The maximum absolute atomic E-state index is 11.7. The van der Waals surface area contributed by atoms with Gasteiger partial charge in [0.25, 0.3) is 0 Å². The zero-order valence-corrected chi connectivity index (χ0v) is 12.8. The largest absolute Gasteiger partial charge is 0.480 e. The molecule has 5 N–H and O–H groups in total. The van der Waals surface area contributed by atoms with Crippen LogP contribution in [0.4, 0.5) is 0 Å². The van der Waals surface area contributed by atoms with Crippen LogP contribution < -0.4 is 16.4 Å². The fourth-order valence-corrected chi connectivity index (χ4v) is 1.73. The van der Waals surface area contributed by atoms with Crippen LogP contribution in [0, 0.1) is 5.92 Å². The number of nitrogens with two attached hydrogens (primary N) is 1. The van der Waals surface area contributed by atoms with E-state index in [9.17, 15) is 14.4 Å². The monoisotopic (exact) mass is 305 g/mol. The summed E-state index contributed by atoms with van der Waals surface area (Å²) in [5.41, 5.74) is 5.69. The van der Waals surface area contributed by atoms with Crippen LogP contribution in [0.5, 0.6) is 0 Å². The van der Waals surface area contributed by atoms with Gasteiger partial charge in [0.15, 0.2) is 0 Å². The summed E-state index contributed by atoms with van der Waals surface area (Å²) in [7, 11) is 0. The third-order valence-electron chi connectivity index (χ3n) is 2.61. The van der Waals surface area contributed by atoms with Gasteiger partial charge in [-0.05, 0) is 19.3 Å². The highest BCUT2D eigenvalue weighted by atomic mass is 32.1. The number of thiol groups is 1. The first kappa shape index (κ1) is 18.7. The van der Waals surface area contributed by atoms with Crippen LogP contribution in [-0.4, -0.2) is 46.8 Å². The summed E-state index contributed by atoms with van der Waals surface area (Å²) in [6.07, 6.45) is 0.508. The number of carboxylic acids is 1. The molecule has 0 aromatic rings. The predicted molar refractivity (Wildman–Crippen MR) is 78.5 cm³/mol. The molecule has 0 saturated carbocycles. The molecule has 8 heteroatoms. The lowest BCUT2D eigenvalue weighted by atomic mass is 10.0. The van der Waals surface area contributed by atoms with Crippen molar-refractivity contribution in [2.45, 2.75) is 45.3 Å². The van der Waals surface area contributed by atoms with E-state index in [1.165, 1.54) is 6.92 Å². The molecule has 0 aromatic carbocycles. The van der Waals surface area contributed by atoms with Crippen LogP contribution in [0.2, 0.25) is 0 Å². The van der Waals surface area contributed by atoms with Crippen molar-refractivity contribution in [1.82, 2.24) is 10.6 Å². The van der Waals surface area contributed by atoms with Crippen LogP contribution in [-0.2, 0) is 14.4 Å². The Hall–Kier alpha value is -1.28. The van der Waals surface area contributed by atoms with E-state index < -0.39 is 35.9 Å². The molecule has 2 amide bonds. The Balaban J connectivity index is 4.38. The predicted octanol–water partition coefficient (Wildman–Crippen LogP) is -0.636. The normalized spacial score (nSPS) is 15.3. The summed E-state index contributed by atoms with van der Waals surface area (Å²) in [6.45, 7) is 5.34. The number of aliphatic carboxylic acids is 1. The second-order valence-electron chi connectivity index (χ2n) is 5.05. The SMILES string of the molecule is CC(C)C[C@H](N)C(=O)N[C@@H](C)C(=O)N[C@@H](CS)C(=O)O. The van der Waals surface area contributed by atoms with Crippen molar-refractivity contribution in [2.24, 2.45) is 11.7 Å². The summed E-state index contributed by atoms with van der Waals surface area (Å²) in [5.74, 6) is -1.96. The Kier molecular flexibility index (Phi) is 8.24. The molecule has 20 heavy (non-hydrogen) atoms. The van der Waals surface area contributed by atoms with Gasteiger partial charge in [0, 0.05) is 5.75 Å². The van der Waals surface area contributed by atoms with Gasteiger partial charge in [0.2, 0.25) is 11.8 Å². The molecule has 0 bridgehead atoms. The van der Waals surface area contributed by atoms with Crippen LogP contribution in [0.1, 0.15) is 27.2 Å². The molecule has 0 aliphatic rings. The van der Waals surface area contributed by atoms with Gasteiger partial charge in [-0.25, -0.2) is 4.79 Å². The lowest BCUT2D eigenvalue weighted by Gasteiger charge is -2.20. The zero-order valence-electron chi connectivity index (χ0n) is 11.9. The smallest absolute Gasteiger partial charge is 0.327 e. The molecule has 0 spiro atoms. The number of carbonyl (C=O) groups excluding carboxylic acids is 2. The third-order valence-corrected chi connectivity index (χ3v) is 2.98. The number of carboxylic acid groups (broad SMARTS) is 1. The van der Waals surface area contributed by atoms with Crippen molar-refractivity contribution in [1.29, 1.82) is 0 Å². The van der Waals surface area contributed by atoms with Gasteiger partial charge in [-0.1, -0.05) is 13.8 Å². The zero-order chi connectivity index (χ0) is 15.9. The molecule has 0 aliphatic carbocycles. The van der Waals surface area contributed by atoms with Crippen LogP contribution >= 0.6 is 12.6 Å². The molecule has 7 nitrogen and oxygen atoms in total. The van der Waals surface area contributed by atoms with Crippen molar-refractivity contribution < 1.29 is 19.5 Å². The summed E-state index contributed by atoms with van der Waals surface area (Å²) in [5, 5.41) is 13.5. The molecule has 0 aliphatic heterocycles. The first-order valence-corrected chi connectivity index (χ1v) is 7.02. The van der Waals surface area contributed by atoms with E-state index in [0.717, 1.165) is 0 Å². The van der Waals surface area contributed by atoms with Crippen molar-refractivity contribution in [2.75, 3.05) is 5.75 Å². The summed E-state index contributed by atoms with van der Waals surface area (Å²) in [6, 6.07) is -2.64. The van der Waals surface area contributed by atoms with Crippen molar-refractivity contribution >= 4 is 30.4 Å². The molecule has 0 radical (unpaired) electrons. The number of hydrogen-bond donors (Lipinski definition) is 5. The van der Waals surface area contributed by atoms with E-state index in [0.29, 0.717) is 6.42 Å². The third kappa shape index (κ3) is 6.76. The Morgan fingerprint density at radius 3 is 2.10 bits per heavy atom. The first-order chi connectivity index (χ1) is 9.18. The topological polar surface area (TPSA) is 122 Å². The molecule has 3 atom stereocenters. The minimum Gasteiger partial charge on any atom is -0.480 e. The van der Waals surface area contributed by atoms with Crippen molar-refractivity contribution in [3.05, 3.63) is 0 Å². The van der Waals surface area contributed by atoms with Gasteiger partial charge in [-0.2, -0.15) is 12.6 Å². The Bertz CT molecular complexity index is 363. The van der Waals surface area contributed by atoms with Crippen LogP contribution in [0.25, 0.3) is 0 Å². The molecular formula is C12H23N3O4S. The van der Waals surface area contributed by atoms with Crippen LogP contribution in [0.3, 0.4) is 0 Å². The highest BCUT2D eigenvalue weighted by molar-refractivity contribution is 7.80.